The molecule has 2 N–H and O–H groups in total. The predicted octanol–water partition coefficient (Wildman–Crippen LogP) is 1.73. The highest BCUT2D eigenvalue weighted by atomic mass is 16.5. The van der Waals surface area contributed by atoms with E-state index in [1.165, 1.54) is 6.42 Å². The van der Waals surface area contributed by atoms with Gasteiger partial charge in [-0.1, -0.05) is 5.16 Å². The topological polar surface area (TPSA) is 67.2 Å². The van der Waals surface area contributed by atoms with Crippen molar-refractivity contribution in [3.05, 3.63) is 17.0 Å². The molecular weight excluding hydrogens is 254 g/mol. The lowest BCUT2D eigenvalue weighted by Gasteiger charge is -2.14. The van der Waals surface area contributed by atoms with E-state index in [1.807, 2.05) is 20.8 Å². The molecule has 1 amide bonds. The number of hydrogen-bond acceptors (Lipinski definition) is 4. The number of aromatic nitrogens is 1. The molecule has 0 aliphatic carbocycles. The van der Waals surface area contributed by atoms with Crippen LogP contribution in [-0.2, 0) is 11.2 Å². The van der Waals surface area contributed by atoms with E-state index in [2.05, 4.69) is 15.8 Å². The van der Waals surface area contributed by atoms with Gasteiger partial charge in [-0.25, -0.2) is 0 Å². The summed E-state index contributed by atoms with van der Waals surface area (Å²) >= 11 is 0. The van der Waals surface area contributed by atoms with Gasteiger partial charge in [0.2, 0.25) is 5.91 Å². The summed E-state index contributed by atoms with van der Waals surface area (Å²) in [5.41, 5.74) is 2.03. The molecule has 0 spiro atoms. The maximum Gasteiger partial charge on any atom is 0.220 e. The lowest BCUT2D eigenvalue weighted by molar-refractivity contribution is -0.121. The van der Waals surface area contributed by atoms with Gasteiger partial charge in [-0.15, -0.1) is 0 Å². The fourth-order valence-electron chi connectivity index (χ4n) is 2.79. The Hall–Kier alpha value is -1.36. The van der Waals surface area contributed by atoms with E-state index in [4.69, 9.17) is 4.52 Å². The van der Waals surface area contributed by atoms with E-state index in [0.717, 1.165) is 42.9 Å². The van der Waals surface area contributed by atoms with Crippen molar-refractivity contribution in [2.45, 2.75) is 52.5 Å². The monoisotopic (exact) mass is 279 g/mol. The fraction of sp³-hybridized carbons (Fsp3) is 0.733. The minimum Gasteiger partial charge on any atom is -0.361 e. The smallest absolute Gasteiger partial charge is 0.220 e. The first-order valence-corrected chi connectivity index (χ1v) is 7.48. The number of rotatable bonds is 6. The van der Waals surface area contributed by atoms with Crippen molar-refractivity contribution < 1.29 is 9.32 Å². The molecule has 0 saturated carbocycles. The van der Waals surface area contributed by atoms with Crippen LogP contribution in [0.3, 0.4) is 0 Å². The molecule has 1 aromatic heterocycles. The third kappa shape index (κ3) is 4.07. The number of carbonyl (C=O) groups excluding carboxylic acids is 1. The zero-order chi connectivity index (χ0) is 14.5. The minimum atomic E-state index is 0.112. The van der Waals surface area contributed by atoms with Gasteiger partial charge in [0, 0.05) is 18.0 Å². The SMILES string of the molecule is Cc1noc(C)c1CC(C)NC(=O)CCC1CCNC1. The molecule has 0 aromatic carbocycles. The molecule has 2 atom stereocenters. The average molecular weight is 279 g/mol. The number of nitrogens with one attached hydrogen (secondary N) is 2. The van der Waals surface area contributed by atoms with Gasteiger partial charge in [0.25, 0.3) is 0 Å². The predicted molar refractivity (Wildman–Crippen MR) is 77.5 cm³/mol. The zero-order valence-corrected chi connectivity index (χ0v) is 12.7. The van der Waals surface area contributed by atoms with Crippen LogP contribution in [0.2, 0.25) is 0 Å². The van der Waals surface area contributed by atoms with Crippen LogP contribution in [0.1, 0.15) is 43.2 Å². The Balaban J connectivity index is 1.73. The Kier molecular flexibility index (Phi) is 5.17. The van der Waals surface area contributed by atoms with Gasteiger partial charge in [-0.2, -0.15) is 0 Å². The average Bonchev–Trinajstić information content (AvgIpc) is 3.01. The first-order chi connectivity index (χ1) is 9.56. The van der Waals surface area contributed by atoms with Crippen LogP contribution >= 0.6 is 0 Å². The zero-order valence-electron chi connectivity index (χ0n) is 12.7. The summed E-state index contributed by atoms with van der Waals surface area (Å²) in [5, 5.41) is 10.3. The Bertz CT molecular complexity index is 430. The van der Waals surface area contributed by atoms with Crippen LogP contribution in [0, 0.1) is 19.8 Å². The Morgan fingerprint density at radius 1 is 1.55 bits per heavy atom. The van der Waals surface area contributed by atoms with Crippen LogP contribution in [0.4, 0.5) is 0 Å². The van der Waals surface area contributed by atoms with Crippen molar-refractivity contribution in [2.75, 3.05) is 13.1 Å². The maximum absolute atomic E-state index is 11.9. The van der Waals surface area contributed by atoms with Crippen LogP contribution in [-0.4, -0.2) is 30.2 Å². The summed E-state index contributed by atoms with van der Waals surface area (Å²) in [6, 6.07) is 0.112. The third-order valence-electron chi connectivity index (χ3n) is 4.04. The molecule has 1 aliphatic rings. The van der Waals surface area contributed by atoms with Crippen LogP contribution < -0.4 is 10.6 Å². The van der Waals surface area contributed by atoms with Crippen LogP contribution in [0.5, 0.6) is 0 Å². The summed E-state index contributed by atoms with van der Waals surface area (Å²) in [4.78, 5) is 11.9. The van der Waals surface area contributed by atoms with Crippen molar-refractivity contribution in [1.29, 1.82) is 0 Å². The Morgan fingerprint density at radius 2 is 2.35 bits per heavy atom. The molecule has 1 aromatic rings. The normalized spacial score (nSPS) is 20.1. The molecule has 20 heavy (non-hydrogen) atoms. The number of aryl methyl sites for hydroxylation is 2. The highest BCUT2D eigenvalue weighted by Gasteiger charge is 2.17. The van der Waals surface area contributed by atoms with Gasteiger partial charge < -0.3 is 15.2 Å². The van der Waals surface area contributed by atoms with E-state index >= 15 is 0 Å². The molecule has 0 bridgehead atoms. The Labute approximate surface area is 120 Å². The quantitative estimate of drug-likeness (QED) is 0.832. The second-order valence-corrected chi connectivity index (χ2v) is 5.87. The van der Waals surface area contributed by atoms with Gasteiger partial charge in [-0.3, -0.25) is 4.79 Å². The molecule has 5 heteroatoms. The number of hydrogen-bond donors (Lipinski definition) is 2. The largest absolute Gasteiger partial charge is 0.361 e. The first kappa shape index (κ1) is 15.0. The molecule has 1 aliphatic heterocycles. The van der Waals surface area contributed by atoms with Crippen LogP contribution in [0.25, 0.3) is 0 Å². The number of carbonyl (C=O) groups is 1. The molecular formula is C15H25N3O2. The van der Waals surface area contributed by atoms with E-state index in [1.54, 1.807) is 0 Å². The van der Waals surface area contributed by atoms with Gasteiger partial charge in [0.05, 0.1) is 5.69 Å². The van der Waals surface area contributed by atoms with Crippen LogP contribution in [0.15, 0.2) is 4.52 Å². The highest BCUT2D eigenvalue weighted by molar-refractivity contribution is 5.76. The van der Waals surface area contributed by atoms with Crippen molar-refractivity contribution >= 4 is 5.91 Å². The Morgan fingerprint density at radius 3 is 2.95 bits per heavy atom. The second kappa shape index (κ2) is 6.88. The first-order valence-electron chi connectivity index (χ1n) is 7.48. The van der Waals surface area contributed by atoms with E-state index < -0.39 is 0 Å². The van der Waals surface area contributed by atoms with E-state index in [0.29, 0.717) is 12.3 Å². The fourth-order valence-corrected chi connectivity index (χ4v) is 2.79. The van der Waals surface area contributed by atoms with Gasteiger partial charge >= 0.3 is 0 Å². The van der Waals surface area contributed by atoms with E-state index in [9.17, 15) is 4.79 Å². The van der Waals surface area contributed by atoms with Crippen molar-refractivity contribution in [2.24, 2.45) is 5.92 Å². The number of nitrogens with zero attached hydrogens (tertiary/aromatic N) is 1. The molecule has 2 heterocycles. The minimum absolute atomic E-state index is 0.112. The molecule has 2 unspecified atom stereocenters. The standard InChI is InChI=1S/C15H25N3O2/c1-10(8-14-11(2)18-20-12(14)3)17-15(19)5-4-13-6-7-16-9-13/h10,13,16H,4-9H2,1-3H3,(H,17,19). The van der Waals surface area contributed by atoms with Crippen molar-refractivity contribution in [3.63, 3.8) is 0 Å². The molecule has 1 saturated heterocycles. The lowest BCUT2D eigenvalue weighted by atomic mass is 10.0. The summed E-state index contributed by atoms with van der Waals surface area (Å²) in [6.45, 7) is 8.03. The van der Waals surface area contributed by atoms with Gasteiger partial charge in [0.1, 0.15) is 5.76 Å². The van der Waals surface area contributed by atoms with Crippen molar-refractivity contribution in [3.8, 4) is 0 Å². The van der Waals surface area contributed by atoms with Gasteiger partial charge in [-0.05, 0) is 59.0 Å². The molecule has 5 nitrogen and oxygen atoms in total. The summed E-state index contributed by atoms with van der Waals surface area (Å²) in [7, 11) is 0. The molecule has 112 valence electrons. The summed E-state index contributed by atoms with van der Waals surface area (Å²) in [5.74, 6) is 1.66. The highest BCUT2D eigenvalue weighted by Crippen LogP contribution is 2.16. The second-order valence-electron chi connectivity index (χ2n) is 5.87. The maximum atomic E-state index is 11.9. The van der Waals surface area contributed by atoms with Gasteiger partial charge in [0.15, 0.2) is 0 Å². The summed E-state index contributed by atoms with van der Waals surface area (Å²) < 4.78 is 5.15. The number of amides is 1. The molecule has 1 fully saturated rings. The molecule has 2 rings (SSSR count). The lowest BCUT2D eigenvalue weighted by Crippen LogP contribution is -2.34. The van der Waals surface area contributed by atoms with E-state index in [-0.39, 0.29) is 11.9 Å². The third-order valence-corrected chi connectivity index (χ3v) is 4.04. The van der Waals surface area contributed by atoms with Crippen molar-refractivity contribution in [1.82, 2.24) is 15.8 Å². The summed E-state index contributed by atoms with van der Waals surface area (Å²) in [6.07, 6.45) is 3.58. The molecule has 0 radical (unpaired) electrons.